The number of nitrogens with one attached hydrogen (secondary N) is 1. The van der Waals surface area contributed by atoms with Gasteiger partial charge in [-0.15, -0.1) is 0 Å². The molecule has 0 aliphatic heterocycles. The topological polar surface area (TPSA) is 33.7 Å². The molecule has 1 aliphatic carbocycles. The van der Waals surface area contributed by atoms with Crippen LogP contribution in [-0.2, 0) is 9.47 Å². The maximum absolute atomic E-state index is 5.26. The summed E-state index contributed by atoms with van der Waals surface area (Å²) < 4.78 is 10.5. The van der Waals surface area contributed by atoms with Crippen LogP contribution in [0, 0.1) is 0 Å². The van der Waals surface area contributed by atoms with Crippen molar-refractivity contribution < 1.29 is 9.47 Å². The fraction of sp³-hybridized carbons (Fsp3) is 1.00. The third-order valence-electron chi connectivity index (χ3n) is 4.00. The number of ether oxygens (including phenoxy) is 2. The van der Waals surface area contributed by atoms with E-state index in [9.17, 15) is 0 Å². The van der Waals surface area contributed by atoms with Crippen LogP contribution in [0.2, 0.25) is 0 Å². The van der Waals surface area contributed by atoms with Gasteiger partial charge in [0, 0.05) is 32.8 Å². The first kappa shape index (κ1) is 17.9. The average molecular weight is 286 g/mol. The highest BCUT2D eigenvalue weighted by atomic mass is 16.5. The minimum atomic E-state index is 0.478. The largest absolute Gasteiger partial charge is 0.383 e. The van der Waals surface area contributed by atoms with E-state index >= 15 is 0 Å². The Kier molecular flexibility index (Phi) is 10.3. The van der Waals surface area contributed by atoms with Gasteiger partial charge in [0.2, 0.25) is 0 Å². The predicted molar refractivity (Wildman–Crippen MR) is 84.3 cm³/mol. The first-order valence-corrected chi connectivity index (χ1v) is 8.23. The number of nitrogens with zero attached hydrogens (tertiary/aromatic N) is 1. The number of hydrogen-bond donors (Lipinski definition) is 1. The Labute approximate surface area is 125 Å². The molecule has 1 atom stereocenters. The average Bonchev–Trinajstić information content (AvgIpc) is 3.25. The molecular formula is C16H34N2O2. The van der Waals surface area contributed by atoms with E-state index in [-0.39, 0.29) is 0 Å². The summed E-state index contributed by atoms with van der Waals surface area (Å²) in [6.07, 6.45) is 8.06. The Morgan fingerprint density at radius 2 is 1.80 bits per heavy atom. The molecule has 1 unspecified atom stereocenters. The van der Waals surface area contributed by atoms with Crippen LogP contribution in [0.15, 0.2) is 0 Å². The first-order chi connectivity index (χ1) is 9.77. The molecule has 4 heteroatoms. The minimum Gasteiger partial charge on any atom is -0.383 e. The van der Waals surface area contributed by atoms with E-state index in [1.165, 1.54) is 45.1 Å². The SMILES string of the molecule is COCCN(CCCCCCNC1CC1)C(C)COC. The molecule has 0 aromatic rings. The van der Waals surface area contributed by atoms with Gasteiger partial charge in [0.1, 0.15) is 0 Å². The molecule has 1 N–H and O–H groups in total. The van der Waals surface area contributed by atoms with E-state index in [1.54, 1.807) is 14.2 Å². The number of methoxy groups -OCH3 is 2. The molecule has 0 spiro atoms. The summed E-state index contributed by atoms with van der Waals surface area (Å²) >= 11 is 0. The van der Waals surface area contributed by atoms with Crippen LogP contribution in [0.25, 0.3) is 0 Å². The van der Waals surface area contributed by atoms with Crippen molar-refractivity contribution in [3.63, 3.8) is 0 Å². The standard InChI is InChI=1S/C16H34N2O2/c1-15(14-20-3)18(12-13-19-2)11-7-5-4-6-10-17-16-8-9-16/h15-17H,4-14H2,1-3H3. The zero-order chi connectivity index (χ0) is 14.6. The van der Waals surface area contributed by atoms with Crippen LogP contribution in [-0.4, -0.2) is 64.1 Å². The Hall–Kier alpha value is -0.160. The molecule has 1 rings (SSSR count). The Bertz CT molecular complexity index is 223. The summed E-state index contributed by atoms with van der Waals surface area (Å²) in [5.74, 6) is 0. The lowest BCUT2D eigenvalue weighted by Gasteiger charge is -2.28. The quantitative estimate of drug-likeness (QED) is 0.497. The molecular weight excluding hydrogens is 252 g/mol. The van der Waals surface area contributed by atoms with E-state index in [4.69, 9.17) is 9.47 Å². The second-order valence-corrected chi connectivity index (χ2v) is 5.98. The molecule has 0 heterocycles. The van der Waals surface area contributed by atoms with Crippen LogP contribution in [0.3, 0.4) is 0 Å². The summed E-state index contributed by atoms with van der Waals surface area (Å²) in [6, 6.07) is 1.33. The molecule has 0 amide bonds. The van der Waals surface area contributed by atoms with Crippen LogP contribution in [0.5, 0.6) is 0 Å². The molecule has 1 aliphatic rings. The maximum Gasteiger partial charge on any atom is 0.0615 e. The summed E-state index contributed by atoms with van der Waals surface area (Å²) in [4.78, 5) is 2.48. The zero-order valence-electron chi connectivity index (χ0n) is 13.7. The van der Waals surface area contributed by atoms with Gasteiger partial charge in [-0.2, -0.15) is 0 Å². The van der Waals surface area contributed by atoms with Crippen LogP contribution >= 0.6 is 0 Å². The zero-order valence-corrected chi connectivity index (χ0v) is 13.7. The van der Waals surface area contributed by atoms with Gasteiger partial charge in [-0.05, 0) is 45.7 Å². The van der Waals surface area contributed by atoms with Gasteiger partial charge < -0.3 is 14.8 Å². The van der Waals surface area contributed by atoms with Gasteiger partial charge in [0.05, 0.1) is 13.2 Å². The Balaban J connectivity index is 2.00. The second-order valence-electron chi connectivity index (χ2n) is 5.98. The lowest BCUT2D eigenvalue weighted by molar-refractivity contribution is 0.0739. The third-order valence-corrected chi connectivity index (χ3v) is 4.00. The van der Waals surface area contributed by atoms with Gasteiger partial charge in [-0.3, -0.25) is 4.90 Å². The lowest BCUT2D eigenvalue weighted by atomic mass is 10.1. The molecule has 0 aromatic heterocycles. The van der Waals surface area contributed by atoms with Gasteiger partial charge in [0.15, 0.2) is 0 Å². The molecule has 20 heavy (non-hydrogen) atoms. The molecule has 0 bridgehead atoms. The van der Waals surface area contributed by atoms with Gasteiger partial charge in [-0.1, -0.05) is 12.8 Å². The van der Waals surface area contributed by atoms with Crippen molar-refractivity contribution >= 4 is 0 Å². The van der Waals surface area contributed by atoms with Crippen LogP contribution in [0.4, 0.5) is 0 Å². The van der Waals surface area contributed by atoms with Crippen molar-refractivity contribution in [2.24, 2.45) is 0 Å². The summed E-state index contributed by atoms with van der Waals surface area (Å²) in [6.45, 7) is 7.21. The minimum absolute atomic E-state index is 0.478. The van der Waals surface area contributed by atoms with Crippen molar-refractivity contribution in [3.8, 4) is 0 Å². The van der Waals surface area contributed by atoms with Gasteiger partial charge in [-0.25, -0.2) is 0 Å². The van der Waals surface area contributed by atoms with E-state index in [0.29, 0.717) is 6.04 Å². The van der Waals surface area contributed by atoms with Crippen molar-refractivity contribution in [2.45, 2.75) is 57.5 Å². The predicted octanol–water partition coefficient (Wildman–Crippen LogP) is 2.28. The lowest BCUT2D eigenvalue weighted by Crippen LogP contribution is -2.39. The third kappa shape index (κ3) is 8.90. The summed E-state index contributed by atoms with van der Waals surface area (Å²) in [5.41, 5.74) is 0. The van der Waals surface area contributed by atoms with Crippen molar-refractivity contribution in [1.29, 1.82) is 0 Å². The van der Waals surface area contributed by atoms with Gasteiger partial charge in [0.25, 0.3) is 0 Å². The molecule has 1 saturated carbocycles. The van der Waals surface area contributed by atoms with Crippen molar-refractivity contribution in [3.05, 3.63) is 0 Å². The highest BCUT2D eigenvalue weighted by Crippen LogP contribution is 2.18. The second kappa shape index (κ2) is 11.5. The Morgan fingerprint density at radius 1 is 1.05 bits per heavy atom. The maximum atomic E-state index is 5.26. The highest BCUT2D eigenvalue weighted by Gasteiger charge is 2.19. The van der Waals surface area contributed by atoms with E-state index in [1.807, 2.05) is 0 Å². The fourth-order valence-electron chi connectivity index (χ4n) is 2.49. The number of unbranched alkanes of at least 4 members (excludes halogenated alkanes) is 3. The number of rotatable bonds is 14. The molecule has 4 nitrogen and oxygen atoms in total. The summed E-state index contributed by atoms with van der Waals surface area (Å²) in [7, 11) is 3.55. The van der Waals surface area contributed by atoms with Crippen LogP contribution < -0.4 is 5.32 Å². The molecule has 0 saturated heterocycles. The highest BCUT2D eigenvalue weighted by molar-refractivity contribution is 4.80. The van der Waals surface area contributed by atoms with E-state index < -0.39 is 0 Å². The monoisotopic (exact) mass is 286 g/mol. The Morgan fingerprint density at radius 3 is 2.45 bits per heavy atom. The van der Waals surface area contributed by atoms with Crippen LogP contribution in [0.1, 0.15) is 45.4 Å². The van der Waals surface area contributed by atoms with Crippen molar-refractivity contribution in [2.75, 3.05) is 47.1 Å². The van der Waals surface area contributed by atoms with Crippen molar-refractivity contribution in [1.82, 2.24) is 10.2 Å². The fourth-order valence-corrected chi connectivity index (χ4v) is 2.49. The number of hydrogen-bond acceptors (Lipinski definition) is 4. The molecule has 1 fully saturated rings. The molecule has 120 valence electrons. The van der Waals surface area contributed by atoms with E-state index in [0.717, 1.165) is 32.3 Å². The van der Waals surface area contributed by atoms with E-state index in [2.05, 4.69) is 17.1 Å². The molecule has 0 aromatic carbocycles. The smallest absolute Gasteiger partial charge is 0.0615 e. The summed E-state index contributed by atoms with van der Waals surface area (Å²) in [5, 5.41) is 3.58. The van der Waals surface area contributed by atoms with Gasteiger partial charge >= 0.3 is 0 Å². The molecule has 0 radical (unpaired) electrons. The first-order valence-electron chi connectivity index (χ1n) is 8.23. The normalized spacial score (nSPS) is 16.8.